The first-order valence-electron chi connectivity index (χ1n) is 9.81. The average molecular weight is 420 g/mol. The van der Waals surface area contributed by atoms with E-state index >= 15 is 0 Å². The number of hydrogen-bond acceptors (Lipinski definition) is 6. The Labute approximate surface area is 172 Å². The van der Waals surface area contributed by atoms with Crippen LogP contribution in [0.3, 0.4) is 0 Å². The van der Waals surface area contributed by atoms with Crippen molar-refractivity contribution in [3.05, 3.63) is 71.8 Å². The van der Waals surface area contributed by atoms with Gasteiger partial charge in [-0.2, -0.15) is 0 Å². The van der Waals surface area contributed by atoms with Crippen molar-refractivity contribution in [2.75, 3.05) is 12.8 Å². The molecule has 0 saturated carbocycles. The van der Waals surface area contributed by atoms with Crippen molar-refractivity contribution in [2.45, 2.75) is 51.5 Å². The second kappa shape index (κ2) is 9.98. The van der Waals surface area contributed by atoms with Gasteiger partial charge in [0.1, 0.15) is 6.10 Å². The third-order valence-electron chi connectivity index (χ3n) is 4.70. The van der Waals surface area contributed by atoms with Gasteiger partial charge < -0.3 is 23.6 Å². The lowest BCUT2D eigenvalue weighted by Crippen LogP contribution is -2.31. The molecule has 0 amide bonds. The van der Waals surface area contributed by atoms with E-state index in [1.54, 1.807) is 13.8 Å². The fourth-order valence-electron chi connectivity index (χ4n) is 3.04. The van der Waals surface area contributed by atoms with Gasteiger partial charge in [-0.05, 0) is 31.4 Å². The summed E-state index contributed by atoms with van der Waals surface area (Å²) in [4.78, 5) is 0. The van der Waals surface area contributed by atoms with Crippen LogP contribution in [-0.2, 0) is 36.3 Å². The summed E-state index contributed by atoms with van der Waals surface area (Å²) in [5, 5.41) is 10.5. The van der Waals surface area contributed by atoms with Crippen LogP contribution in [0.5, 0.6) is 0 Å². The molecule has 1 fully saturated rings. The topological polar surface area (TPSA) is 74.2 Å². The van der Waals surface area contributed by atoms with Crippen molar-refractivity contribution in [3.63, 3.8) is 0 Å². The summed E-state index contributed by atoms with van der Waals surface area (Å²) in [7, 11) is -3.43. The molecule has 158 valence electrons. The number of rotatable bonds is 10. The Kier molecular flexibility index (Phi) is 7.63. The predicted octanol–water partition coefficient (Wildman–Crippen LogP) is 4.52. The molecule has 29 heavy (non-hydrogen) atoms. The lowest BCUT2D eigenvalue weighted by molar-refractivity contribution is -0.151. The third kappa shape index (κ3) is 7.03. The monoisotopic (exact) mass is 420 g/mol. The molecule has 0 aliphatic carbocycles. The van der Waals surface area contributed by atoms with Crippen molar-refractivity contribution in [3.8, 4) is 0 Å². The van der Waals surface area contributed by atoms with E-state index < -0.39 is 25.6 Å². The zero-order valence-corrected chi connectivity index (χ0v) is 17.8. The molecule has 6 nitrogen and oxygen atoms in total. The summed E-state index contributed by atoms with van der Waals surface area (Å²) in [6.45, 7) is 4.26. The predicted molar refractivity (Wildman–Crippen MR) is 110 cm³/mol. The van der Waals surface area contributed by atoms with Gasteiger partial charge in [-0.1, -0.05) is 60.7 Å². The van der Waals surface area contributed by atoms with Gasteiger partial charge >= 0.3 is 7.60 Å². The van der Waals surface area contributed by atoms with Gasteiger partial charge in [0.15, 0.2) is 5.79 Å². The molecular formula is C22H29O6P. The van der Waals surface area contributed by atoms with Gasteiger partial charge in [0.05, 0.1) is 32.1 Å². The molecule has 0 bridgehead atoms. The van der Waals surface area contributed by atoms with E-state index in [1.807, 2.05) is 60.7 Å². The lowest BCUT2D eigenvalue weighted by atomic mass is 10.2. The summed E-state index contributed by atoms with van der Waals surface area (Å²) in [6, 6.07) is 19.0. The number of aliphatic hydroxyl groups excluding tert-OH is 1. The van der Waals surface area contributed by atoms with Crippen molar-refractivity contribution in [1.29, 1.82) is 0 Å². The van der Waals surface area contributed by atoms with Crippen LogP contribution in [0.25, 0.3) is 0 Å². The van der Waals surface area contributed by atoms with Crippen LogP contribution in [0.2, 0.25) is 0 Å². The highest BCUT2D eigenvalue weighted by atomic mass is 31.2. The van der Waals surface area contributed by atoms with Gasteiger partial charge in [-0.15, -0.1) is 0 Å². The Morgan fingerprint density at radius 3 is 2.00 bits per heavy atom. The van der Waals surface area contributed by atoms with E-state index in [4.69, 9.17) is 18.5 Å². The second-order valence-electron chi connectivity index (χ2n) is 7.58. The Bertz CT molecular complexity index is 748. The van der Waals surface area contributed by atoms with Crippen LogP contribution in [0.1, 0.15) is 31.4 Å². The molecule has 7 heteroatoms. The summed E-state index contributed by atoms with van der Waals surface area (Å²) in [6.07, 6.45) is -0.952. The van der Waals surface area contributed by atoms with Crippen molar-refractivity contribution in [1.82, 2.24) is 0 Å². The number of aliphatic hydroxyl groups is 1. The van der Waals surface area contributed by atoms with Crippen molar-refractivity contribution < 1.29 is 28.2 Å². The van der Waals surface area contributed by atoms with Gasteiger partial charge in [0, 0.05) is 0 Å². The third-order valence-corrected chi connectivity index (χ3v) is 6.55. The Hall–Kier alpha value is -1.53. The molecule has 2 atom stereocenters. The largest absolute Gasteiger partial charge is 0.390 e. The maximum atomic E-state index is 13.4. The number of hydrogen-bond donors (Lipinski definition) is 1. The van der Waals surface area contributed by atoms with Crippen LogP contribution in [0.15, 0.2) is 60.7 Å². The van der Waals surface area contributed by atoms with Crippen LogP contribution in [0, 0.1) is 0 Å². The first-order valence-corrected chi connectivity index (χ1v) is 11.5. The molecule has 0 aromatic heterocycles. The van der Waals surface area contributed by atoms with E-state index in [2.05, 4.69) is 0 Å². The molecule has 2 aromatic rings. The summed E-state index contributed by atoms with van der Waals surface area (Å²) < 4.78 is 36.1. The highest BCUT2D eigenvalue weighted by Crippen LogP contribution is 2.50. The molecule has 1 aliphatic rings. The highest BCUT2D eigenvalue weighted by Gasteiger charge is 2.38. The SMILES string of the molecule is CC1(C)OC[C@H]([C@@H](O)CCP(=O)(OCc2ccccc2)OCc2ccccc2)O1. The zero-order chi connectivity index (χ0) is 20.7. The summed E-state index contributed by atoms with van der Waals surface area (Å²) in [5.74, 6) is -0.719. The molecular weight excluding hydrogens is 391 g/mol. The van der Waals surface area contributed by atoms with Crippen LogP contribution < -0.4 is 0 Å². The number of benzene rings is 2. The number of ether oxygens (including phenoxy) is 2. The van der Waals surface area contributed by atoms with Crippen LogP contribution >= 0.6 is 7.60 Å². The normalized spacial score (nSPS) is 19.9. The smallest absolute Gasteiger partial charge is 0.331 e. The first kappa shape index (κ1) is 22.2. The molecule has 2 aromatic carbocycles. The second-order valence-corrected chi connectivity index (χ2v) is 9.76. The quantitative estimate of drug-likeness (QED) is 0.570. The maximum absolute atomic E-state index is 13.4. The molecule has 0 radical (unpaired) electrons. The minimum absolute atomic E-state index is 0.0914. The van der Waals surface area contributed by atoms with Gasteiger partial charge in [-0.3, -0.25) is 4.57 Å². The molecule has 0 spiro atoms. The van der Waals surface area contributed by atoms with Gasteiger partial charge in [0.25, 0.3) is 0 Å². The zero-order valence-electron chi connectivity index (χ0n) is 16.9. The van der Waals surface area contributed by atoms with E-state index in [0.717, 1.165) is 11.1 Å². The minimum atomic E-state index is -3.43. The van der Waals surface area contributed by atoms with Gasteiger partial charge in [-0.25, -0.2) is 0 Å². The molecule has 1 aliphatic heterocycles. The van der Waals surface area contributed by atoms with Gasteiger partial charge in [0.2, 0.25) is 0 Å². The first-order chi connectivity index (χ1) is 13.9. The maximum Gasteiger partial charge on any atom is 0.331 e. The molecule has 0 unspecified atom stereocenters. The fourth-order valence-corrected chi connectivity index (χ4v) is 4.65. The summed E-state index contributed by atoms with van der Waals surface area (Å²) in [5.41, 5.74) is 1.82. The van der Waals surface area contributed by atoms with E-state index in [1.165, 1.54) is 0 Å². The van der Waals surface area contributed by atoms with Crippen molar-refractivity contribution >= 4 is 7.60 Å². The van der Waals surface area contributed by atoms with E-state index in [9.17, 15) is 9.67 Å². The average Bonchev–Trinajstić information content (AvgIpc) is 3.11. The Balaban J connectivity index is 1.60. The molecule has 3 rings (SSSR count). The highest BCUT2D eigenvalue weighted by molar-refractivity contribution is 7.53. The Morgan fingerprint density at radius 2 is 1.55 bits per heavy atom. The standard InChI is InChI=1S/C22H29O6P/c1-22(2)25-17-21(28-22)20(23)13-14-29(24,26-15-18-9-5-3-6-10-18)27-16-19-11-7-4-8-12-19/h3-12,20-21,23H,13-17H2,1-2H3/t20-,21+/m0/s1. The molecule has 1 heterocycles. The molecule has 1 N–H and O–H groups in total. The minimum Gasteiger partial charge on any atom is -0.390 e. The summed E-state index contributed by atoms with van der Waals surface area (Å²) >= 11 is 0. The fraction of sp³-hybridized carbons (Fsp3) is 0.455. The van der Waals surface area contributed by atoms with E-state index in [0.29, 0.717) is 6.61 Å². The lowest BCUT2D eigenvalue weighted by Gasteiger charge is -2.23. The Morgan fingerprint density at radius 1 is 1.03 bits per heavy atom. The van der Waals surface area contributed by atoms with Crippen LogP contribution in [0.4, 0.5) is 0 Å². The molecule has 1 saturated heterocycles. The van der Waals surface area contributed by atoms with Crippen molar-refractivity contribution in [2.24, 2.45) is 0 Å². The van der Waals surface area contributed by atoms with E-state index in [-0.39, 0.29) is 25.8 Å². The van der Waals surface area contributed by atoms with Crippen LogP contribution in [-0.4, -0.2) is 35.9 Å².